The van der Waals surface area contributed by atoms with Crippen LogP contribution < -0.4 is 9.62 Å². The molecule has 11 heteroatoms. The average molecular weight is 521 g/mol. The molecule has 0 unspecified atom stereocenters. The van der Waals surface area contributed by atoms with Crippen LogP contribution in [0.15, 0.2) is 42.5 Å². The lowest BCUT2D eigenvalue weighted by Gasteiger charge is -2.31. The van der Waals surface area contributed by atoms with Gasteiger partial charge in [-0.25, -0.2) is 8.42 Å². The smallest absolute Gasteiger partial charge is 0.244 e. The first-order valence-corrected chi connectivity index (χ1v) is 12.7. The van der Waals surface area contributed by atoms with Gasteiger partial charge in [0.15, 0.2) is 0 Å². The largest absolute Gasteiger partial charge is 0.355 e. The van der Waals surface area contributed by atoms with Crippen LogP contribution in [0.4, 0.5) is 5.69 Å². The molecule has 2 aromatic carbocycles. The third-order valence-corrected chi connectivity index (χ3v) is 6.43. The maximum absolute atomic E-state index is 13.3. The number of halogens is 3. The van der Waals surface area contributed by atoms with E-state index in [9.17, 15) is 18.0 Å². The van der Waals surface area contributed by atoms with Crippen LogP contribution in [0.1, 0.15) is 19.4 Å². The van der Waals surface area contributed by atoms with Gasteiger partial charge in [-0.05, 0) is 49.7 Å². The van der Waals surface area contributed by atoms with Gasteiger partial charge in [0.05, 0.1) is 11.9 Å². The Hall–Kier alpha value is -2.00. The SMILES string of the molecule is CCNC(=O)[C@@H](C)N(Cc1ccc(Cl)cc1)C(=O)CN(c1cc(Cl)cc(Cl)c1)S(C)(=O)=O. The summed E-state index contributed by atoms with van der Waals surface area (Å²) in [6, 6.07) is 10.2. The van der Waals surface area contributed by atoms with Crippen LogP contribution in [0.5, 0.6) is 0 Å². The number of hydrogen-bond donors (Lipinski definition) is 1. The molecular weight excluding hydrogens is 497 g/mol. The lowest BCUT2D eigenvalue weighted by atomic mass is 10.1. The molecule has 2 rings (SSSR count). The van der Waals surface area contributed by atoms with E-state index >= 15 is 0 Å². The molecule has 0 fully saturated rings. The quantitative estimate of drug-likeness (QED) is 0.542. The lowest BCUT2D eigenvalue weighted by molar-refractivity contribution is -0.139. The first-order valence-electron chi connectivity index (χ1n) is 9.67. The molecule has 0 heterocycles. The molecule has 0 aliphatic heterocycles. The van der Waals surface area contributed by atoms with Gasteiger partial charge >= 0.3 is 0 Å². The van der Waals surface area contributed by atoms with Gasteiger partial charge in [-0.2, -0.15) is 0 Å². The third-order valence-electron chi connectivity index (χ3n) is 4.60. The van der Waals surface area contributed by atoms with Gasteiger partial charge in [0.1, 0.15) is 12.6 Å². The molecule has 0 radical (unpaired) electrons. The number of nitrogens with one attached hydrogen (secondary N) is 1. The Kier molecular flexibility index (Phi) is 9.21. The average Bonchev–Trinajstić information content (AvgIpc) is 2.69. The molecular formula is C21H24Cl3N3O4S. The van der Waals surface area contributed by atoms with E-state index < -0.39 is 28.5 Å². The predicted molar refractivity (Wildman–Crippen MR) is 129 cm³/mol. The zero-order valence-electron chi connectivity index (χ0n) is 17.8. The fourth-order valence-electron chi connectivity index (χ4n) is 2.99. The van der Waals surface area contributed by atoms with Crippen molar-refractivity contribution in [3.05, 3.63) is 63.1 Å². The van der Waals surface area contributed by atoms with E-state index in [0.717, 1.165) is 16.1 Å². The number of amides is 2. The van der Waals surface area contributed by atoms with Crippen molar-refractivity contribution in [1.29, 1.82) is 0 Å². The summed E-state index contributed by atoms with van der Waals surface area (Å²) in [5.74, 6) is -0.924. The minimum Gasteiger partial charge on any atom is -0.355 e. The second-order valence-electron chi connectivity index (χ2n) is 7.12. The molecule has 174 valence electrons. The minimum atomic E-state index is -3.86. The summed E-state index contributed by atoms with van der Waals surface area (Å²) in [7, 11) is -3.86. The highest BCUT2D eigenvalue weighted by Gasteiger charge is 2.30. The van der Waals surface area contributed by atoms with Gasteiger partial charge in [0.2, 0.25) is 21.8 Å². The van der Waals surface area contributed by atoms with Crippen molar-refractivity contribution in [3.8, 4) is 0 Å². The molecule has 0 aliphatic carbocycles. The molecule has 7 nitrogen and oxygen atoms in total. The van der Waals surface area contributed by atoms with Gasteiger partial charge in [-0.3, -0.25) is 13.9 Å². The highest BCUT2D eigenvalue weighted by atomic mass is 35.5. The number of likely N-dealkylation sites (N-methyl/N-ethyl adjacent to an activating group) is 1. The Balaban J connectivity index is 2.40. The van der Waals surface area contributed by atoms with Crippen molar-refractivity contribution in [2.75, 3.05) is 23.7 Å². The van der Waals surface area contributed by atoms with Crippen molar-refractivity contribution in [2.45, 2.75) is 26.4 Å². The molecule has 0 saturated heterocycles. The van der Waals surface area contributed by atoms with E-state index in [1.807, 2.05) is 0 Å². The molecule has 1 N–H and O–H groups in total. The maximum Gasteiger partial charge on any atom is 0.244 e. The lowest BCUT2D eigenvalue weighted by Crippen LogP contribution is -2.51. The summed E-state index contributed by atoms with van der Waals surface area (Å²) in [5.41, 5.74) is 0.881. The van der Waals surface area contributed by atoms with Gasteiger partial charge in [-0.1, -0.05) is 46.9 Å². The summed E-state index contributed by atoms with van der Waals surface area (Å²) in [6.07, 6.45) is 0.978. The van der Waals surface area contributed by atoms with Crippen LogP contribution in [0, 0.1) is 0 Å². The molecule has 0 spiro atoms. The highest BCUT2D eigenvalue weighted by molar-refractivity contribution is 7.92. The number of benzene rings is 2. The Bertz CT molecular complexity index is 1060. The van der Waals surface area contributed by atoms with Gasteiger partial charge in [-0.15, -0.1) is 0 Å². The van der Waals surface area contributed by atoms with Gasteiger partial charge in [0, 0.05) is 28.2 Å². The maximum atomic E-state index is 13.3. The second kappa shape index (κ2) is 11.2. The molecule has 2 amide bonds. The Morgan fingerprint density at radius 2 is 1.56 bits per heavy atom. The Labute approximate surface area is 203 Å². The van der Waals surface area contributed by atoms with Crippen LogP contribution in [-0.4, -0.2) is 50.5 Å². The standard InChI is InChI=1S/C21H24Cl3N3O4S/c1-4-25-21(29)14(2)26(12-15-5-7-16(22)8-6-15)20(28)13-27(32(3,30)31)19-10-17(23)9-18(24)11-19/h5-11,14H,4,12-13H2,1-3H3,(H,25,29)/t14-/m1/s1. The van der Waals surface area contributed by atoms with Crippen molar-refractivity contribution in [2.24, 2.45) is 0 Å². The van der Waals surface area contributed by atoms with Crippen LogP contribution >= 0.6 is 34.8 Å². The fraction of sp³-hybridized carbons (Fsp3) is 0.333. The van der Waals surface area contributed by atoms with E-state index in [0.29, 0.717) is 11.6 Å². The van der Waals surface area contributed by atoms with Gasteiger partial charge in [0.25, 0.3) is 0 Å². The Morgan fingerprint density at radius 1 is 1.00 bits per heavy atom. The topological polar surface area (TPSA) is 86.8 Å². The van der Waals surface area contributed by atoms with E-state index in [4.69, 9.17) is 34.8 Å². The molecule has 0 aliphatic rings. The van der Waals surface area contributed by atoms with Crippen molar-refractivity contribution in [3.63, 3.8) is 0 Å². The van der Waals surface area contributed by atoms with Gasteiger partial charge < -0.3 is 10.2 Å². The number of rotatable bonds is 9. The fourth-order valence-corrected chi connectivity index (χ4v) is 4.46. The summed E-state index contributed by atoms with van der Waals surface area (Å²) in [4.78, 5) is 27.1. The van der Waals surface area contributed by atoms with E-state index in [2.05, 4.69) is 5.32 Å². The third kappa shape index (κ3) is 7.27. The number of sulfonamides is 1. The van der Waals surface area contributed by atoms with E-state index in [1.54, 1.807) is 38.1 Å². The summed E-state index contributed by atoms with van der Waals surface area (Å²) in [6.45, 7) is 3.29. The molecule has 0 aromatic heterocycles. The number of hydrogen-bond acceptors (Lipinski definition) is 4. The van der Waals surface area contributed by atoms with Crippen LogP contribution in [0.3, 0.4) is 0 Å². The number of carbonyl (C=O) groups is 2. The first-order chi connectivity index (χ1) is 14.9. The van der Waals surface area contributed by atoms with E-state index in [1.165, 1.54) is 23.1 Å². The minimum absolute atomic E-state index is 0.0855. The highest BCUT2D eigenvalue weighted by Crippen LogP contribution is 2.27. The van der Waals surface area contributed by atoms with Crippen LogP contribution in [0.2, 0.25) is 15.1 Å². The van der Waals surface area contributed by atoms with Crippen LogP contribution in [-0.2, 0) is 26.2 Å². The molecule has 0 saturated carbocycles. The molecule has 1 atom stereocenters. The van der Waals surface area contributed by atoms with Crippen molar-refractivity contribution >= 4 is 62.3 Å². The molecule has 0 bridgehead atoms. The predicted octanol–water partition coefficient (Wildman–Crippen LogP) is 3.97. The number of carbonyl (C=O) groups excluding carboxylic acids is 2. The van der Waals surface area contributed by atoms with Crippen LogP contribution in [0.25, 0.3) is 0 Å². The molecule has 32 heavy (non-hydrogen) atoms. The summed E-state index contributed by atoms with van der Waals surface area (Å²) >= 11 is 18.0. The first kappa shape index (κ1) is 26.3. The van der Waals surface area contributed by atoms with Crippen molar-refractivity contribution in [1.82, 2.24) is 10.2 Å². The van der Waals surface area contributed by atoms with E-state index in [-0.39, 0.29) is 28.2 Å². The zero-order valence-corrected chi connectivity index (χ0v) is 20.9. The second-order valence-corrected chi connectivity index (χ2v) is 10.3. The monoisotopic (exact) mass is 519 g/mol. The summed E-state index contributed by atoms with van der Waals surface area (Å²) in [5, 5.41) is 3.67. The van der Waals surface area contributed by atoms with Crippen molar-refractivity contribution < 1.29 is 18.0 Å². The number of nitrogens with zero attached hydrogens (tertiary/aromatic N) is 2. The molecule has 2 aromatic rings. The Morgan fingerprint density at radius 3 is 2.06 bits per heavy atom. The normalized spacial score (nSPS) is 12.2. The number of anilines is 1. The zero-order chi connectivity index (χ0) is 24.1. The summed E-state index contributed by atoms with van der Waals surface area (Å²) < 4.78 is 25.9.